The largest absolute Gasteiger partial charge is 0.433 e. The second-order valence-electron chi connectivity index (χ2n) is 3.28. The lowest BCUT2D eigenvalue weighted by molar-refractivity contribution is -0.0498. The third-order valence-electron chi connectivity index (χ3n) is 2.21. The highest BCUT2D eigenvalue weighted by Crippen LogP contribution is 2.25. The Morgan fingerprint density at radius 3 is 2.83 bits per heavy atom. The zero-order valence-electron chi connectivity index (χ0n) is 9.01. The molecule has 96 valence electrons. The van der Waals surface area contributed by atoms with Crippen molar-refractivity contribution >= 4 is 12.2 Å². The maximum Gasteiger partial charge on any atom is 0.387 e. The predicted octanol–water partition coefficient (Wildman–Crippen LogP) is 2.02. The van der Waals surface area contributed by atoms with Gasteiger partial charge in [-0.15, -0.1) is 0 Å². The number of para-hydroxylation sites is 2. The van der Waals surface area contributed by atoms with E-state index in [2.05, 4.69) is 14.9 Å². The first-order chi connectivity index (χ1) is 8.63. The topological polar surface area (TPSA) is 63.1 Å². The van der Waals surface area contributed by atoms with E-state index in [4.69, 9.17) is 17.3 Å². The highest BCUT2D eigenvalue weighted by Gasteiger charge is 2.14. The van der Waals surface area contributed by atoms with Gasteiger partial charge in [0.15, 0.2) is 10.6 Å². The lowest BCUT2D eigenvalue weighted by atomic mass is 10.3. The third kappa shape index (κ3) is 2.39. The van der Waals surface area contributed by atoms with Crippen LogP contribution < -0.4 is 4.74 Å². The van der Waals surface area contributed by atoms with Gasteiger partial charge in [-0.05, 0) is 24.4 Å². The molecule has 0 unspecified atom stereocenters. The van der Waals surface area contributed by atoms with E-state index in [-0.39, 0.29) is 23.0 Å². The SMILES string of the molecule is OCc1n[nH]c(=S)n1-c1ccccc1OC(F)F. The molecule has 0 fully saturated rings. The maximum atomic E-state index is 12.3. The van der Waals surface area contributed by atoms with Crippen LogP contribution in [0.3, 0.4) is 0 Å². The summed E-state index contributed by atoms with van der Waals surface area (Å²) >= 11 is 4.99. The van der Waals surface area contributed by atoms with E-state index < -0.39 is 6.61 Å². The van der Waals surface area contributed by atoms with Crippen molar-refractivity contribution in [3.63, 3.8) is 0 Å². The number of aromatic nitrogens is 3. The summed E-state index contributed by atoms with van der Waals surface area (Å²) in [6, 6.07) is 6.13. The molecule has 0 aliphatic heterocycles. The van der Waals surface area contributed by atoms with Crippen molar-refractivity contribution in [1.29, 1.82) is 0 Å². The van der Waals surface area contributed by atoms with Crippen molar-refractivity contribution in [3.8, 4) is 11.4 Å². The van der Waals surface area contributed by atoms with E-state index in [0.717, 1.165) is 0 Å². The van der Waals surface area contributed by atoms with Crippen molar-refractivity contribution in [1.82, 2.24) is 14.8 Å². The van der Waals surface area contributed by atoms with Gasteiger partial charge in [0.05, 0.1) is 5.69 Å². The molecule has 1 aromatic heterocycles. The molecule has 18 heavy (non-hydrogen) atoms. The van der Waals surface area contributed by atoms with Crippen LogP contribution in [-0.4, -0.2) is 26.5 Å². The van der Waals surface area contributed by atoms with Crippen LogP contribution in [0.1, 0.15) is 5.82 Å². The molecule has 2 aromatic rings. The van der Waals surface area contributed by atoms with Gasteiger partial charge in [0.25, 0.3) is 0 Å². The fourth-order valence-electron chi connectivity index (χ4n) is 1.52. The number of aliphatic hydroxyl groups excluding tert-OH is 1. The van der Waals surface area contributed by atoms with Crippen molar-refractivity contribution in [2.75, 3.05) is 0 Å². The minimum absolute atomic E-state index is 0.0419. The van der Waals surface area contributed by atoms with E-state index in [9.17, 15) is 8.78 Å². The Kier molecular flexibility index (Phi) is 3.68. The molecule has 0 aliphatic carbocycles. The summed E-state index contributed by atoms with van der Waals surface area (Å²) in [4.78, 5) is 0. The van der Waals surface area contributed by atoms with Gasteiger partial charge in [0, 0.05) is 0 Å². The maximum absolute atomic E-state index is 12.3. The van der Waals surface area contributed by atoms with Gasteiger partial charge in [0.1, 0.15) is 12.4 Å². The lowest BCUT2D eigenvalue weighted by Crippen LogP contribution is -2.08. The van der Waals surface area contributed by atoms with Crippen molar-refractivity contribution in [3.05, 3.63) is 34.9 Å². The summed E-state index contributed by atoms with van der Waals surface area (Å²) in [5.41, 5.74) is 0.292. The molecule has 1 aromatic carbocycles. The van der Waals surface area contributed by atoms with Crippen LogP contribution in [-0.2, 0) is 6.61 Å². The average molecular weight is 273 g/mol. The number of H-pyrrole nitrogens is 1. The van der Waals surface area contributed by atoms with Crippen LogP contribution in [0, 0.1) is 4.77 Å². The van der Waals surface area contributed by atoms with E-state index in [1.165, 1.54) is 10.6 Å². The van der Waals surface area contributed by atoms with Crippen LogP contribution in [0.15, 0.2) is 24.3 Å². The summed E-state index contributed by atoms with van der Waals surface area (Å²) in [5, 5.41) is 15.4. The molecule has 2 rings (SSSR count). The van der Waals surface area contributed by atoms with Crippen LogP contribution in [0.4, 0.5) is 8.78 Å². The van der Waals surface area contributed by atoms with Gasteiger partial charge in [-0.1, -0.05) is 12.1 Å². The van der Waals surface area contributed by atoms with Crippen LogP contribution >= 0.6 is 12.2 Å². The molecule has 0 aliphatic rings. The predicted molar refractivity (Wildman–Crippen MR) is 61.3 cm³/mol. The highest BCUT2D eigenvalue weighted by atomic mass is 32.1. The van der Waals surface area contributed by atoms with Gasteiger partial charge < -0.3 is 9.84 Å². The molecule has 0 saturated carbocycles. The monoisotopic (exact) mass is 273 g/mol. The summed E-state index contributed by atoms with van der Waals surface area (Å²) in [7, 11) is 0. The molecule has 0 radical (unpaired) electrons. The third-order valence-corrected chi connectivity index (χ3v) is 2.48. The number of nitrogens with zero attached hydrogens (tertiary/aromatic N) is 2. The molecule has 0 atom stereocenters. The highest BCUT2D eigenvalue weighted by molar-refractivity contribution is 7.71. The summed E-state index contributed by atoms with van der Waals surface area (Å²) in [6.45, 7) is -3.32. The first-order valence-corrected chi connectivity index (χ1v) is 5.35. The zero-order valence-corrected chi connectivity index (χ0v) is 9.82. The molecular weight excluding hydrogens is 264 g/mol. The molecule has 0 spiro atoms. The number of halogens is 2. The lowest BCUT2D eigenvalue weighted by Gasteiger charge is -2.11. The van der Waals surface area contributed by atoms with E-state index >= 15 is 0 Å². The number of aliphatic hydroxyl groups is 1. The summed E-state index contributed by atoms with van der Waals surface area (Å²) in [6.07, 6.45) is 0. The smallest absolute Gasteiger partial charge is 0.387 e. The molecule has 0 amide bonds. The van der Waals surface area contributed by atoms with Gasteiger partial charge in [-0.2, -0.15) is 13.9 Å². The number of ether oxygens (including phenoxy) is 1. The minimum atomic E-state index is -2.94. The second-order valence-corrected chi connectivity index (χ2v) is 3.67. The number of aromatic amines is 1. The van der Waals surface area contributed by atoms with Gasteiger partial charge in [-0.3, -0.25) is 9.67 Å². The first-order valence-electron chi connectivity index (χ1n) is 4.95. The second kappa shape index (κ2) is 5.23. The Labute approximate surface area is 106 Å². The quantitative estimate of drug-likeness (QED) is 0.837. The molecule has 1 heterocycles. The fourth-order valence-corrected chi connectivity index (χ4v) is 1.77. The fraction of sp³-hybridized carbons (Fsp3) is 0.200. The number of benzene rings is 1. The molecule has 5 nitrogen and oxygen atoms in total. The van der Waals surface area contributed by atoms with E-state index in [1.807, 2.05) is 0 Å². The molecule has 0 bridgehead atoms. The number of alkyl halides is 2. The number of hydrogen-bond acceptors (Lipinski definition) is 4. The number of nitrogens with one attached hydrogen (secondary N) is 1. The standard InChI is InChI=1S/C10H9F2N3O2S/c11-9(12)17-7-4-2-1-3-6(7)15-8(5-16)13-14-10(15)18/h1-4,9,16H,5H2,(H,14,18). The average Bonchev–Trinajstić information content (AvgIpc) is 2.70. The Morgan fingerprint density at radius 2 is 2.17 bits per heavy atom. The molecule has 2 N–H and O–H groups in total. The van der Waals surface area contributed by atoms with Crippen molar-refractivity contribution in [2.24, 2.45) is 0 Å². The first kappa shape index (κ1) is 12.7. The van der Waals surface area contributed by atoms with Crippen molar-refractivity contribution in [2.45, 2.75) is 13.2 Å². The van der Waals surface area contributed by atoms with Crippen LogP contribution in [0.2, 0.25) is 0 Å². The molecule has 0 saturated heterocycles. The van der Waals surface area contributed by atoms with Crippen molar-refractivity contribution < 1.29 is 18.6 Å². The molecule has 8 heteroatoms. The van der Waals surface area contributed by atoms with E-state index in [1.54, 1.807) is 18.2 Å². The van der Waals surface area contributed by atoms with Crippen LogP contribution in [0.5, 0.6) is 5.75 Å². The molecular formula is C10H9F2N3O2S. The summed E-state index contributed by atoms with van der Waals surface area (Å²) < 4.78 is 30.5. The van der Waals surface area contributed by atoms with E-state index in [0.29, 0.717) is 5.69 Å². The minimum Gasteiger partial charge on any atom is -0.433 e. The Morgan fingerprint density at radius 1 is 1.44 bits per heavy atom. The Hall–Kier alpha value is -1.80. The number of rotatable bonds is 4. The van der Waals surface area contributed by atoms with Gasteiger partial charge in [0.2, 0.25) is 0 Å². The summed E-state index contributed by atoms with van der Waals surface area (Å²) in [5.74, 6) is 0.171. The number of hydrogen-bond donors (Lipinski definition) is 2. The van der Waals surface area contributed by atoms with Crippen LogP contribution in [0.25, 0.3) is 5.69 Å². The Balaban J connectivity index is 2.56. The van der Waals surface area contributed by atoms with Gasteiger partial charge >= 0.3 is 6.61 Å². The Bertz CT molecular complexity index is 597. The van der Waals surface area contributed by atoms with Gasteiger partial charge in [-0.25, -0.2) is 0 Å². The normalized spacial score (nSPS) is 10.9. The zero-order chi connectivity index (χ0) is 13.1.